The van der Waals surface area contributed by atoms with Crippen LogP contribution >= 0.6 is 0 Å². The van der Waals surface area contributed by atoms with Crippen LogP contribution in [0.1, 0.15) is 16.7 Å². The van der Waals surface area contributed by atoms with Crippen LogP contribution in [0.15, 0.2) is 30.3 Å². The quantitative estimate of drug-likeness (QED) is 0.611. The van der Waals surface area contributed by atoms with Crippen LogP contribution in [0.5, 0.6) is 0 Å². The van der Waals surface area contributed by atoms with Crippen LogP contribution in [0.2, 0.25) is 0 Å². The molecule has 0 fully saturated rings. The second-order valence-corrected chi connectivity index (χ2v) is 3.86. The van der Waals surface area contributed by atoms with Crippen molar-refractivity contribution in [3.05, 3.63) is 47.0 Å². The van der Waals surface area contributed by atoms with Crippen molar-refractivity contribution in [2.24, 2.45) is 0 Å². The summed E-state index contributed by atoms with van der Waals surface area (Å²) in [6.07, 6.45) is 0. The Balaban J connectivity index is 2.46. The number of rotatable bonds is 0. The Hall–Kier alpha value is -1.34. The van der Waals surface area contributed by atoms with Crippen LogP contribution in [-0.2, 0) is 18.0 Å². The van der Waals surface area contributed by atoms with E-state index in [0.29, 0.717) is 0 Å². The van der Waals surface area contributed by atoms with E-state index in [1.807, 2.05) is 0 Å². The third-order valence-electron chi connectivity index (χ3n) is 2.99. The van der Waals surface area contributed by atoms with E-state index in [1.165, 1.54) is 27.5 Å². The zero-order valence-electron chi connectivity index (χ0n) is 8.21. The molecule has 1 heteroatoms. The Labute approximate surface area is 83.3 Å². The first-order valence-electron chi connectivity index (χ1n) is 4.94. The number of benzene rings is 2. The average molecular weight is 184 g/mol. The molecule has 3 rings (SSSR count). The van der Waals surface area contributed by atoms with Crippen molar-refractivity contribution in [2.75, 3.05) is 0 Å². The van der Waals surface area contributed by atoms with Gasteiger partial charge in [-0.1, -0.05) is 30.3 Å². The highest BCUT2D eigenvalue weighted by atomic mass is 16.5. The van der Waals surface area contributed by atoms with Gasteiger partial charge < -0.3 is 4.74 Å². The predicted octanol–water partition coefficient (Wildman–Crippen LogP) is 3.18. The van der Waals surface area contributed by atoms with Gasteiger partial charge in [0, 0.05) is 0 Å². The van der Waals surface area contributed by atoms with Gasteiger partial charge in [0.05, 0.1) is 13.2 Å². The molecule has 1 aliphatic heterocycles. The molecule has 2 aromatic rings. The molecule has 0 unspecified atom stereocenters. The number of hydrogen-bond acceptors (Lipinski definition) is 1. The summed E-state index contributed by atoms with van der Waals surface area (Å²) in [7, 11) is 0. The van der Waals surface area contributed by atoms with Gasteiger partial charge in [0.1, 0.15) is 0 Å². The molecule has 0 aliphatic carbocycles. The van der Waals surface area contributed by atoms with Crippen molar-refractivity contribution in [2.45, 2.75) is 20.1 Å². The van der Waals surface area contributed by atoms with E-state index in [-0.39, 0.29) is 0 Å². The van der Waals surface area contributed by atoms with Crippen molar-refractivity contribution in [1.29, 1.82) is 0 Å². The second kappa shape index (κ2) is 2.82. The highest BCUT2D eigenvalue weighted by molar-refractivity contribution is 5.87. The van der Waals surface area contributed by atoms with Gasteiger partial charge in [-0.3, -0.25) is 0 Å². The first-order valence-corrected chi connectivity index (χ1v) is 4.94. The van der Waals surface area contributed by atoms with Crippen LogP contribution in [-0.4, -0.2) is 0 Å². The molecule has 1 nitrogen and oxygen atoms in total. The van der Waals surface area contributed by atoms with Crippen molar-refractivity contribution in [1.82, 2.24) is 0 Å². The van der Waals surface area contributed by atoms with Gasteiger partial charge in [0.15, 0.2) is 0 Å². The van der Waals surface area contributed by atoms with Crippen molar-refractivity contribution >= 4 is 10.8 Å². The highest BCUT2D eigenvalue weighted by Gasteiger charge is 2.16. The smallest absolute Gasteiger partial charge is 0.0731 e. The Morgan fingerprint density at radius 2 is 1.86 bits per heavy atom. The Bertz CT molecular complexity index is 500. The predicted molar refractivity (Wildman–Crippen MR) is 57.2 cm³/mol. The van der Waals surface area contributed by atoms with Gasteiger partial charge in [0.2, 0.25) is 0 Å². The maximum atomic E-state index is 5.50. The lowest BCUT2D eigenvalue weighted by Crippen LogP contribution is -1.89. The highest BCUT2D eigenvalue weighted by Crippen LogP contribution is 2.30. The van der Waals surface area contributed by atoms with Gasteiger partial charge in [-0.2, -0.15) is 0 Å². The molecule has 14 heavy (non-hydrogen) atoms. The minimum Gasteiger partial charge on any atom is -0.372 e. The number of ether oxygens (including phenoxy) is 1. The fourth-order valence-corrected chi connectivity index (χ4v) is 2.24. The maximum Gasteiger partial charge on any atom is 0.0731 e. The summed E-state index contributed by atoms with van der Waals surface area (Å²) in [6, 6.07) is 10.8. The third kappa shape index (κ3) is 0.992. The molecule has 0 N–H and O–H groups in total. The van der Waals surface area contributed by atoms with Crippen LogP contribution in [0.4, 0.5) is 0 Å². The fourth-order valence-electron chi connectivity index (χ4n) is 2.24. The first kappa shape index (κ1) is 8.01. The minimum atomic E-state index is 0.775. The van der Waals surface area contributed by atoms with E-state index in [1.54, 1.807) is 0 Å². The van der Waals surface area contributed by atoms with Crippen LogP contribution in [0.25, 0.3) is 10.8 Å². The largest absolute Gasteiger partial charge is 0.372 e. The van der Waals surface area contributed by atoms with Gasteiger partial charge in [0.25, 0.3) is 0 Å². The Morgan fingerprint density at radius 3 is 2.79 bits per heavy atom. The van der Waals surface area contributed by atoms with E-state index < -0.39 is 0 Å². The van der Waals surface area contributed by atoms with Crippen LogP contribution < -0.4 is 0 Å². The zero-order valence-corrected chi connectivity index (χ0v) is 8.21. The Kier molecular flexibility index (Phi) is 1.62. The normalized spacial score (nSPS) is 14.6. The molecular formula is C13H12O. The molecular weight excluding hydrogens is 172 g/mol. The molecule has 0 aromatic heterocycles. The maximum absolute atomic E-state index is 5.50. The standard InChI is InChI=1S/C13H12O/c1-9-6-10-4-2-3-5-11(10)13-8-14-7-12(9)13/h2-6H,7-8H2,1H3. The summed E-state index contributed by atoms with van der Waals surface area (Å²) in [5.74, 6) is 0. The molecule has 1 heterocycles. The van der Waals surface area contributed by atoms with E-state index >= 15 is 0 Å². The summed E-state index contributed by atoms with van der Waals surface area (Å²) in [5, 5.41) is 2.68. The molecule has 70 valence electrons. The lowest BCUT2D eigenvalue weighted by molar-refractivity contribution is 0.134. The minimum absolute atomic E-state index is 0.775. The molecule has 0 bridgehead atoms. The SMILES string of the molecule is Cc1cc2ccccc2c2c1COC2. The molecule has 1 aliphatic rings. The number of fused-ring (bicyclic) bond motifs is 3. The zero-order chi connectivity index (χ0) is 9.54. The summed E-state index contributed by atoms with van der Waals surface area (Å²) in [6.45, 7) is 3.73. The van der Waals surface area contributed by atoms with Gasteiger partial charge in [-0.15, -0.1) is 0 Å². The molecule has 0 saturated heterocycles. The first-order chi connectivity index (χ1) is 6.86. The van der Waals surface area contributed by atoms with E-state index in [0.717, 1.165) is 13.2 Å². The van der Waals surface area contributed by atoms with Crippen molar-refractivity contribution in [3.8, 4) is 0 Å². The van der Waals surface area contributed by atoms with Crippen molar-refractivity contribution < 1.29 is 4.74 Å². The lowest BCUT2D eigenvalue weighted by atomic mass is 9.97. The van der Waals surface area contributed by atoms with E-state index in [4.69, 9.17) is 4.74 Å². The number of aryl methyl sites for hydroxylation is 1. The lowest BCUT2D eigenvalue weighted by Gasteiger charge is -2.06. The average Bonchev–Trinajstić information content (AvgIpc) is 2.67. The molecule has 0 atom stereocenters. The van der Waals surface area contributed by atoms with E-state index in [9.17, 15) is 0 Å². The van der Waals surface area contributed by atoms with Crippen LogP contribution in [0.3, 0.4) is 0 Å². The summed E-state index contributed by atoms with van der Waals surface area (Å²) >= 11 is 0. The summed E-state index contributed by atoms with van der Waals surface area (Å²) in [4.78, 5) is 0. The fraction of sp³-hybridized carbons (Fsp3) is 0.231. The molecule has 0 amide bonds. The molecule has 0 spiro atoms. The monoisotopic (exact) mass is 184 g/mol. The number of hydrogen-bond donors (Lipinski definition) is 0. The van der Waals surface area contributed by atoms with E-state index in [2.05, 4.69) is 37.3 Å². The summed E-state index contributed by atoms with van der Waals surface area (Å²) < 4.78 is 5.50. The topological polar surface area (TPSA) is 9.23 Å². The summed E-state index contributed by atoms with van der Waals surface area (Å²) in [5.41, 5.74) is 4.14. The van der Waals surface area contributed by atoms with Crippen molar-refractivity contribution in [3.63, 3.8) is 0 Å². The Morgan fingerprint density at radius 1 is 1.07 bits per heavy atom. The molecule has 0 saturated carbocycles. The third-order valence-corrected chi connectivity index (χ3v) is 2.99. The van der Waals surface area contributed by atoms with Gasteiger partial charge >= 0.3 is 0 Å². The second-order valence-electron chi connectivity index (χ2n) is 3.86. The molecule has 0 radical (unpaired) electrons. The molecule has 2 aromatic carbocycles. The van der Waals surface area contributed by atoms with Crippen LogP contribution in [0, 0.1) is 6.92 Å². The van der Waals surface area contributed by atoms with Gasteiger partial charge in [-0.05, 0) is 34.4 Å². The van der Waals surface area contributed by atoms with Gasteiger partial charge in [-0.25, -0.2) is 0 Å².